The van der Waals surface area contributed by atoms with Crippen molar-refractivity contribution in [2.45, 2.75) is 96.6 Å². The number of fused-ring (bicyclic) bond motifs is 5. The second-order valence-electron chi connectivity index (χ2n) is 11.2. The third kappa shape index (κ3) is 3.52. The molecule has 5 fully saturated rings. The maximum absolute atomic E-state index is 12.6. The lowest BCUT2D eigenvalue weighted by molar-refractivity contribution is -0.133. The van der Waals surface area contributed by atoms with Gasteiger partial charge < -0.3 is 15.8 Å². The van der Waals surface area contributed by atoms with Gasteiger partial charge in [-0.2, -0.15) is 0 Å². The molecule has 174 valence electrons. The molecule has 5 saturated carbocycles. The van der Waals surface area contributed by atoms with E-state index in [9.17, 15) is 10.0 Å². The van der Waals surface area contributed by atoms with Gasteiger partial charge in [-0.1, -0.05) is 24.2 Å². The van der Waals surface area contributed by atoms with Crippen molar-refractivity contribution < 1.29 is 14.8 Å². The zero-order valence-electron chi connectivity index (χ0n) is 18.9. The molecule has 5 rings (SSSR count). The Labute approximate surface area is 191 Å². The van der Waals surface area contributed by atoms with Gasteiger partial charge >= 0.3 is 0 Å². The summed E-state index contributed by atoms with van der Waals surface area (Å²) in [4.78, 5) is 18.5. The molecular weight excluding hydrogens is 414 g/mol. The van der Waals surface area contributed by atoms with Gasteiger partial charge in [0.15, 0.2) is 0 Å². The molecule has 3 N–H and O–H groups in total. The van der Waals surface area contributed by atoms with Crippen molar-refractivity contribution in [3.63, 3.8) is 0 Å². The summed E-state index contributed by atoms with van der Waals surface area (Å²) in [5.74, 6) is 2.19. The van der Waals surface area contributed by atoms with Gasteiger partial charge in [0.2, 0.25) is 0 Å². The summed E-state index contributed by atoms with van der Waals surface area (Å²) in [5.41, 5.74) is 8.10. The number of nitrogens with zero attached hydrogens (tertiary/aromatic N) is 2. The maximum atomic E-state index is 12.6. The van der Waals surface area contributed by atoms with E-state index in [2.05, 4.69) is 24.2 Å². The van der Waals surface area contributed by atoms with Crippen LogP contribution in [0.5, 0.6) is 0 Å². The van der Waals surface area contributed by atoms with E-state index >= 15 is 0 Å². The molecule has 8 atom stereocenters. The average molecular weight is 452 g/mol. The van der Waals surface area contributed by atoms with Crippen LogP contribution >= 0.6 is 12.4 Å². The highest BCUT2D eigenvalue weighted by atomic mass is 35.5. The van der Waals surface area contributed by atoms with Crippen molar-refractivity contribution in [3.8, 4) is 0 Å². The highest BCUT2D eigenvalue weighted by molar-refractivity contribution is 5.96. The van der Waals surface area contributed by atoms with Crippen LogP contribution in [0.2, 0.25) is 0 Å². The average Bonchev–Trinajstić information content (AvgIpc) is 3.28. The number of carbonyl (C=O) groups excluding carboxylic acids is 1. The first kappa shape index (κ1) is 23.0. The molecule has 0 amide bonds. The van der Waals surface area contributed by atoms with Gasteiger partial charge in [-0.25, -0.2) is 0 Å². The molecule has 0 aromatic carbocycles. The van der Waals surface area contributed by atoms with E-state index in [1.807, 2.05) is 0 Å². The molecule has 31 heavy (non-hydrogen) atoms. The number of ketones is 1. The minimum Gasteiger partial charge on any atom is -0.411 e. The normalized spacial score (nSPS) is 49.3. The summed E-state index contributed by atoms with van der Waals surface area (Å²) in [6, 6.07) is 0.0962. The first-order valence-corrected chi connectivity index (χ1v) is 12.1. The van der Waals surface area contributed by atoms with Gasteiger partial charge in [-0.15, -0.1) is 12.4 Å². The Bertz CT molecular complexity index is 786. The fourth-order valence-electron chi connectivity index (χ4n) is 8.07. The van der Waals surface area contributed by atoms with Gasteiger partial charge in [0.05, 0.1) is 11.4 Å². The fourth-order valence-corrected chi connectivity index (χ4v) is 8.07. The third-order valence-corrected chi connectivity index (χ3v) is 9.98. The Morgan fingerprint density at radius 3 is 2.58 bits per heavy atom. The quantitative estimate of drug-likeness (QED) is 0.469. The van der Waals surface area contributed by atoms with Crippen LogP contribution in [0.25, 0.3) is 0 Å². The van der Waals surface area contributed by atoms with Crippen LogP contribution in [0.4, 0.5) is 0 Å². The SMILES string of the molecule is C[C@]12CCC(=NO[C@@H]3CCC[C@H]3N)CC1C(=NO)C[C@@H]1[C@@H]2CC[C@]2(C)C(=O)CC[C@@H]12.Cl. The van der Waals surface area contributed by atoms with Crippen LogP contribution in [-0.4, -0.2) is 34.6 Å². The van der Waals surface area contributed by atoms with Gasteiger partial charge in [0.1, 0.15) is 11.9 Å². The predicted octanol–water partition coefficient (Wildman–Crippen LogP) is 4.71. The van der Waals surface area contributed by atoms with Crippen molar-refractivity contribution in [1.29, 1.82) is 0 Å². The number of halogens is 1. The van der Waals surface area contributed by atoms with E-state index in [-0.39, 0.29) is 41.3 Å². The minimum absolute atomic E-state index is 0. The lowest BCUT2D eigenvalue weighted by Crippen LogP contribution is -2.56. The molecule has 5 aliphatic carbocycles. The van der Waals surface area contributed by atoms with Crippen molar-refractivity contribution in [2.75, 3.05) is 0 Å². The van der Waals surface area contributed by atoms with Crippen LogP contribution in [0.15, 0.2) is 10.3 Å². The summed E-state index contributed by atoms with van der Waals surface area (Å²) < 4.78 is 0. The number of hydrogen-bond acceptors (Lipinski definition) is 6. The molecular formula is C24H38ClN3O3. The minimum atomic E-state index is -0.153. The number of rotatable bonds is 2. The van der Waals surface area contributed by atoms with E-state index in [0.29, 0.717) is 23.5 Å². The van der Waals surface area contributed by atoms with Gasteiger partial charge in [0, 0.05) is 23.8 Å². The number of carbonyl (C=O) groups is 1. The van der Waals surface area contributed by atoms with E-state index < -0.39 is 0 Å². The molecule has 0 aromatic rings. The van der Waals surface area contributed by atoms with E-state index in [0.717, 1.165) is 82.1 Å². The van der Waals surface area contributed by atoms with Crippen molar-refractivity contribution >= 4 is 29.6 Å². The Morgan fingerprint density at radius 1 is 1.06 bits per heavy atom. The Hall–Kier alpha value is -1.14. The first-order chi connectivity index (χ1) is 14.4. The zero-order chi connectivity index (χ0) is 21.1. The maximum Gasteiger partial charge on any atom is 0.142 e. The van der Waals surface area contributed by atoms with Crippen LogP contribution in [0.1, 0.15) is 84.5 Å². The second-order valence-corrected chi connectivity index (χ2v) is 11.2. The monoisotopic (exact) mass is 451 g/mol. The lowest BCUT2D eigenvalue weighted by atomic mass is 9.45. The van der Waals surface area contributed by atoms with E-state index in [1.165, 1.54) is 0 Å². The molecule has 0 saturated heterocycles. The van der Waals surface area contributed by atoms with Crippen molar-refractivity contribution in [3.05, 3.63) is 0 Å². The smallest absolute Gasteiger partial charge is 0.142 e. The molecule has 6 nitrogen and oxygen atoms in total. The lowest BCUT2D eigenvalue weighted by Gasteiger charge is -2.59. The van der Waals surface area contributed by atoms with E-state index in [4.69, 9.17) is 10.6 Å². The van der Waals surface area contributed by atoms with Crippen molar-refractivity contribution in [1.82, 2.24) is 0 Å². The Balaban J connectivity index is 0.00000231. The first-order valence-electron chi connectivity index (χ1n) is 12.1. The van der Waals surface area contributed by atoms with Crippen molar-refractivity contribution in [2.24, 2.45) is 50.5 Å². The summed E-state index contributed by atoms with van der Waals surface area (Å²) in [7, 11) is 0. The summed E-state index contributed by atoms with van der Waals surface area (Å²) in [6.07, 6.45) is 10.7. The largest absolute Gasteiger partial charge is 0.411 e. The Kier molecular flexibility index (Phi) is 6.19. The number of oxime groups is 2. The molecule has 1 unspecified atom stereocenters. The molecule has 7 heteroatoms. The van der Waals surface area contributed by atoms with Gasteiger partial charge in [0.25, 0.3) is 0 Å². The van der Waals surface area contributed by atoms with Crippen LogP contribution < -0.4 is 5.73 Å². The van der Waals surface area contributed by atoms with Gasteiger partial charge in [-0.05, 0) is 87.4 Å². The standard InChI is InChI=1S/C24H37N3O3.ClH/c1-23-10-8-14(27-30-21-5-3-4-19(21)25)12-18(23)20(26-29)13-15-16-6-7-22(28)24(16,2)11-9-17(15)23;/h15-19,21,29H,3-13,25H2,1-2H3;1H/t15-,16-,17-,18?,19+,21+,23+,24-;/m0./s1. The highest BCUT2D eigenvalue weighted by Crippen LogP contribution is 2.64. The summed E-state index contributed by atoms with van der Waals surface area (Å²) in [5, 5.41) is 18.3. The molecule has 0 aromatic heterocycles. The molecule has 0 spiro atoms. The second kappa shape index (κ2) is 8.33. The topological polar surface area (TPSA) is 97.3 Å². The molecule has 0 radical (unpaired) electrons. The summed E-state index contributed by atoms with van der Waals surface area (Å²) >= 11 is 0. The number of hydrogen-bond donors (Lipinski definition) is 2. The Morgan fingerprint density at radius 2 is 1.87 bits per heavy atom. The van der Waals surface area contributed by atoms with Crippen LogP contribution in [0, 0.1) is 34.5 Å². The zero-order valence-corrected chi connectivity index (χ0v) is 19.7. The number of nitrogens with two attached hydrogens (primary N) is 1. The van der Waals surface area contributed by atoms with E-state index in [1.54, 1.807) is 0 Å². The predicted molar refractivity (Wildman–Crippen MR) is 123 cm³/mol. The van der Waals surface area contributed by atoms with Crippen LogP contribution in [-0.2, 0) is 9.63 Å². The highest BCUT2D eigenvalue weighted by Gasteiger charge is 2.61. The molecule has 0 aliphatic heterocycles. The number of Topliss-reactive ketones (excluding diaryl/α,β-unsaturated/α-hetero) is 1. The summed E-state index contributed by atoms with van der Waals surface area (Å²) in [6.45, 7) is 4.60. The molecule has 0 heterocycles. The fraction of sp³-hybridized carbons (Fsp3) is 0.875. The van der Waals surface area contributed by atoms with Gasteiger partial charge in [-0.3, -0.25) is 4.79 Å². The van der Waals surface area contributed by atoms with Crippen LogP contribution in [0.3, 0.4) is 0 Å². The third-order valence-electron chi connectivity index (χ3n) is 9.98. The molecule has 0 bridgehead atoms. The molecule has 5 aliphatic rings.